The maximum Gasteiger partial charge on any atom is 0.335 e. The predicted molar refractivity (Wildman–Crippen MR) is 115 cm³/mol. The molecule has 0 atom stereocenters. The molecule has 0 spiro atoms. The first kappa shape index (κ1) is 18.8. The Kier molecular flexibility index (Phi) is 5.05. The third-order valence-corrected chi connectivity index (χ3v) is 5.37. The van der Waals surface area contributed by atoms with Crippen molar-refractivity contribution in [2.75, 3.05) is 4.90 Å². The topological polar surface area (TPSA) is 74.9 Å². The van der Waals surface area contributed by atoms with Gasteiger partial charge in [-0.05, 0) is 60.3 Å². The summed E-state index contributed by atoms with van der Waals surface area (Å²) in [7, 11) is 1.91. The van der Waals surface area contributed by atoms with Crippen molar-refractivity contribution in [3.8, 4) is 0 Å². The third kappa shape index (κ3) is 3.86. The summed E-state index contributed by atoms with van der Waals surface area (Å²) in [4.78, 5) is 31.1. The van der Waals surface area contributed by atoms with E-state index in [4.69, 9.17) is 0 Å². The van der Waals surface area contributed by atoms with Gasteiger partial charge in [0.25, 0.3) is 5.91 Å². The van der Waals surface area contributed by atoms with Gasteiger partial charge in [0.2, 0.25) is 0 Å². The Labute approximate surface area is 171 Å². The van der Waals surface area contributed by atoms with Crippen molar-refractivity contribution in [1.29, 1.82) is 0 Å². The van der Waals surface area contributed by atoms with Crippen molar-refractivity contribution in [3.05, 3.63) is 89.1 Å². The van der Waals surface area contributed by atoms with E-state index >= 15 is 0 Å². The van der Waals surface area contributed by atoms with E-state index in [0.717, 1.165) is 5.69 Å². The highest BCUT2D eigenvalue weighted by molar-refractivity contribution is 8.19. The van der Waals surface area contributed by atoms with Gasteiger partial charge in [0, 0.05) is 18.9 Å². The average Bonchev–Trinajstić information content (AvgIpc) is 3.26. The van der Waals surface area contributed by atoms with Crippen molar-refractivity contribution in [2.45, 2.75) is 0 Å². The molecule has 1 aromatic heterocycles. The number of amides is 1. The monoisotopic (exact) mass is 403 g/mol. The van der Waals surface area contributed by atoms with Crippen molar-refractivity contribution < 1.29 is 14.7 Å². The van der Waals surface area contributed by atoms with E-state index in [1.807, 2.05) is 66.4 Å². The second-order valence-corrected chi connectivity index (χ2v) is 7.39. The normalized spacial score (nSPS) is 16.7. The van der Waals surface area contributed by atoms with E-state index in [9.17, 15) is 14.7 Å². The Hall–Kier alpha value is -3.58. The Balaban J connectivity index is 1.79. The number of benzene rings is 2. The summed E-state index contributed by atoms with van der Waals surface area (Å²) in [6, 6.07) is 19.5. The molecule has 3 aromatic rings. The molecule has 29 heavy (non-hydrogen) atoms. The van der Waals surface area contributed by atoms with Crippen LogP contribution in [0.4, 0.5) is 11.4 Å². The minimum Gasteiger partial charge on any atom is -0.478 e. The number of carbonyl (C=O) groups is 2. The number of amidine groups is 1. The second kappa shape index (κ2) is 7.81. The molecule has 7 heteroatoms. The van der Waals surface area contributed by atoms with Gasteiger partial charge in [-0.2, -0.15) is 0 Å². The van der Waals surface area contributed by atoms with Gasteiger partial charge >= 0.3 is 5.97 Å². The van der Waals surface area contributed by atoms with Crippen molar-refractivity contribution in [3.63, 3.8) is 0 Å². The summed E-state index contributed by atoms with van der Waals surface area (Å²) >= 11 is 1.26. The molecule has 0 radical (unpaired) electrons. The van der Waals surface area contributed by atoms with Crippen LogP contribution in [-0.2, 0) is 11.8 Å². The highest BCUT2D eigenvalue weighted by Crippen LogP contribution is 2.37. The zero-order valence-electron chi connectivity index (χ0n) is 15.5. The fourth-order valence-corrected chi connectivity index (χ4v) is 3.92. The molecule has 0 bridgehead atoms. The Morgan fingerprint density at radius 2 is 1.86 bits per heavy atom. The van der Waals surface area contributed by atoms with Gasteiger partial charge in [-0.1, -0.05) is 24.3 Å². The molecule has 1 N–H and O–H groups in total. The average molecular weight is 403 g/mol. The molecule has 6 nitrogen and oxygen atoms in total. The lowest BCUT2D eigenvalue weighted by molar-refractivity contribution is -0.113. The number of nitrogens with zero attached hydrogens (tertiary/aromatic N) is 3. The number of carbonyl (C=O) groups excluding carboxylic acids is 1. The van der Waals surface area contributed by atoms with Crippen molar-refractivity contribution >= 4 is 46.3 Å². The van der Waals surface area contributed by atoms with Crippen molar-refractivity contribution in [1.82, 2.24) is 4.57 Å². The van der Waals surface area contributed by atoms with E-state index in [1.165, 1.54) is 23.9 Å². The summed E-state index contributed by atoms with van der Waals surface area (Å²) < 4.78 is 1.93. The van der Waals surface area contributed by atoms with Crippen LogP contribution in [0.5, 0.6) is 0 Å². The number of thioether (sulfide) groups is 1. The first-order valence-corrected chi connectivity index (χ1v) is 9.67. The first-order chi connectivity index (χ1) is 14.0. The minimum atomic E-state index is -1.02. The van der Waals surface area contributed by atoms with Crippen LogP contribution in [0.25, 0.3) is 6.08 Å². The number of rotatable bonds is 4. The number of anilines is 1. The summed E-state index contributed by atoms with van der Waals surface area (Å²) in [5, 5.41) is 9.70. The van der Waals surface area contributed by atoms with Gasteiger partial charge in [-0.3, -0.25) is 9.69 Å². The van der Waals surface area contributed by atoms with Gasteiger partial charge in [0.1, 0.15) is 0 Å². The summed E-state index contributed by atoms with van der Waals surface area (Å²) in [6.07, 6.45) is 3.75. The molecule has 2 aromatic carbocycles. The van der Waals surface area contributed by atoms with E-state index < -0.39 is 5.97 Å². The molecular weight excluding hydrogens is 386 g/mol. The summed E-state index contributed by atoms with van der Waals surface area (Å²) in [5.74, 6) is -1.19. The number of aryl methyl sites for hydroxylation is 1. The molecule has 1 fully saturated rings. The number of aliphatic imine (C=N–C) groups is 1. The second-order valence-electron chi connectivity index (χ2n) is 6.38. The highest BCUT2D eigenvalue weighted by atomic mass is 32.2. The smallest absolute Gasteiger partial charge is 0.335 e. The minimum absolute atomic E-state index is 0.145. The lowest BCUT2D eigenvalue weighted by Gasteiger charge is -2.15. The van der Waals surface area contributed by atoms with Gasteiger partial charge < -0.3 is 9.67 Å². The predicted octanol–water partition coefficient (Wildman–Crippen LogP) is 4.53. The van der Waals surface area contributed by atoms with Crippen LogP contribution in [0.15, 0.2) is 82.8 Å². The number of carboxylic acid groups (broad SMARTS) is 1. The van der Waals surface area contributed by atoms with E-state index in [-0.39, 0.29) is 11.5 Å². The van der Waals surface area contributed by atoms with Crippen LogP contribution in [0.3, 0.4) is 0 Å². The van der Waals surface area contributed by atoms with Crippen molar-refractivity contribution in [2.24, 2.45) is 12.0 Å². The number of carboxylic acids is 1. The zero-order chi connectivity index (χ0) is 20.4. The quantitative estimate of drug-likeness (QED) is 0.650. The molecule has 1 aliphatic rings. The molecule has 0 saturated carbocycles. The molecule has 4 rings (SSSR count). The Morgan fingerprint density at radius 3 is 2.55 bits per heavy atom. The van der Waals surface area contributed by atoms with Gasteiger partial charge in [0.05, 0.1) is 21.8 Å². The molecule has 0 unspecified atom stereocenters. The standard InChI is InChI=1S/C22H17N3O3S/c1-24-12-6-11-18(24)14-19-20(26)25(17-9-3-2-4-10-17)22(29-19)23-16-8-5-7-15(13-16)21(27)28/h2-14H,1H3,(H,27,28)/b19-14+,23-22?. The highest BCUT2D eigenvalue weighted by Gasteiger charge is 2.34. The number of para-hydroxylation sites is 1. The number of aromatic carboxylic acids is 1. The molecular formula is C22H17N3O3S. The maximum atomic E-state index is 13.2. The molecule has 1 amide bonds. The Bertz CT molecular complexity index is 1150. The molecule has 1 saturated heterocycles. The maximum absolute atomic E-state index is 13.2. The van der Waals surface area contributed by atoms with Gasteiger partial charge in [-0.15, -0.1) is 0 Å². The van der Waals surface area contributed by atoms with Gasteiger partial charge in [-0.25, -0.2) is 9.79 Å². The number of hydrogen-bond acceptors (Lipinski definition) is 4. The van der Waals surface area contributed by atoms with Crippen LogP contribution in [0.1, 0.15) is 16.1 Å². The van der Waals surface area contributed by atoms with Crippen LogP contribution in [-0.4, -0.2) is 26.7 Å². The first-order valence-electron chi connectivity index (χ1n) is 8.85. The van der Waals surface area contributed by atoms with E-state index in [0.29, 0.717) is 21.4 Å². The summed E-state index contributed by atoms with van der Waals surface area (Å²) in [6.45, 7) is 0. The zero-order valence-corrected chi connectivity index (χ0v) is 16.3. The van der Waals surface area contributed by atoms with Gasteiger partial charge in [0.15, 0.2) is 5.17 Å². The lowest BCUT2D eigenvalue weighted by atomic mass is 10.2. The van der Waals surface area contributed by atoms with Crippen LogP contribution >= 0.6 is 11.8 Å². The molecule has 144 valence electrons. The molecule has 0 aliphatic carbocycles. The Morgan fingerprint density at radius 1 is 1.07 bits per heavy atom. The largest absolute Gasteiger partial charge is 0.478 e. The van der Waals surface area contributed by atoms with E-state index in [1.54, 1.807) is 17.0 Å². The third-order valence-electron chi connectivity index (χ3n) is 4.40. The van der Waals surface area contributed by atoms with Crippen LogP contribution < -0.4 is 4.90 Å². The SMILES string of the molecule is Cn1cccc1/C=C1/SC(=Nc2cccc(C(=O)O)c2)N(c2ccccc2)C1=O. The number of hydrogen-bond donors (Lipinski definition) is 1. The molecule has 2 heterocycles. The van der Waals surface area contributed by atoms with Crippen LogP contribution in [0.2, 0.25) is 0 Å². The molecule has 1 aliphatic heterocycles. The lowest BCUT2D eigenvalue weighted by Crippen LogP contribution is -2.28. The fourth-order valence-electron chi connectivity index (χ4n) is 2.93. The van der Waals surface area contributed by atoms with E-state index in [2.05, 4.69) is 4.99 Å². The fraction of sp³-hybridized carbons (Fsp3) is 0.0455. The number of aromatic nitrogens is 1. The summed E-state index contributed by atoms with van der Waals surface area (Å²) in [5.41, 5.74) is 2.23. The van der Waals surface area contributed by atoms with Crippen LogP contribution in [0, 0.1) is 0 Å².